The Hall–Kier alpha value is -0.490. The quantitative estimate of drug-likeness (QED) is 0.699. The second-order valence-electron chi connectivity index (χ2n) is 2.44. The molecule has 13 heavy (non-hydrogen) atoms. The largest absolute Gasteiger partial charge is 0.205 e. The van der Waals surface area contributed by atoms with E-state index in [2.05, 4.69) is 10.2 Å². The molecule has 0 radical (unpaired) electrons. The summed E-state index contributed by atoms with van der Waals surface area (Å²) in [6.07, 6.45) is 0. The van der Waals surface area contributed by atoms with Gasteiger partial charge in [0.05, 0.1) is 5.02 Å². The van der Waals surface area contributed by atoms with Crippen LogP contribution in [0.5, 0.6) is 0 Å². The molecular weight excluding hydrogens is 305 g/mol. The molecule has 2 aromatic rings. The second-order valence-corrected chi connectivity index (χ2v) is 3.84. The maximum atomic E-state index is 13.1. The highest BCUT2D eigenvalue weighted by molar-refractivity contribution is 14.1. The minimum Gasteiger partial charge on any atom is -0.205 e. The Labute approximate surface area is 92.3 Å². The number of nitrogens with zero attached hydrogens (tertiary/aromatic N) is 2. The lowest BCUT2D eigenvalue weighted by atomic mass is 10.2. The van der Waals surface area contributed by atoms with Crippen molar-refractivity contribution in [2.75, 3.05) is 0 Å². The van der Waals surface area contributed by atoms with Crippen molar-refractivity contribution < 1.29 is 4.39 Å². The lowest BCUT2D eigenvalue weighted by Gasteiger charge is -2.00. The molecule has 0 saturated heterocycles. The van der Waals surface area contributed by atoms with E-state index in [9.17, 15) is 4.39 Å². The van der Waals surface area contributed by atoms with Gasteiger partial charge in [-0.3, -0.25) is 0 Å². The van der Waals surface area contributed by atoms with Gasteiger partial charge in [-0.25, -0.2) is 4.39 Å². The first-order valence-corrected chi connectivity index (χ1v) is 4.91. The summed E-state index contributed by atoms with van der Waals surface area (Å²) in [5.41, 5.74) is 0.216. The van der Waals surface area contributed by atoms with Gasteiger partial charge in [0.2, 0.25) is 0 Å². The van der Waals surface area contributed by atoms with Crippen LogP contribution in [-0.2, 0) is 0 Å². The highest BCUT2D eigenvalue weighted by atomic mass is 127. The van der Waals surface area contributed by atoms with Crippen LogP contribution in [0.4, 0.5) is 4.39 Å². The molecule has 0 spiro atoms. The average Bonchev–Trinajstić information content (AvgIpc) is 2.12. The molecule has 0 aliphatic heterocycles. The van der Waals surface area contributed by atoms with E-state index >= 15 is 0 Å². The van der Waals surface area contributed by atoms with Crippen molar-refractivity contribution in [3.63, 3.8) is 0 Å². The van der Waals surface area contributed by atoms with Crippen molar-refractivity contribution in [2.24, 2.45) is 0 Å². The Balaban J connectivity index is 2.94. The molecular formula is C8H3ClFIN2. The maximum Gasteiger partial charge on any atom is 0.151 e. The first-order valence-electron chi connectivity index (χ1n) is 3.46. The van der Waals surface area contributed by atoms with Gasteiger partial charge in [0, 0.05) is 5.39 Å². The van der Waals surface area contributed by atoms with Crippen molar-refractivity contribution in [2.45, 2.75) is 0 Å². The smallest absolute Gasteiger partial charge is 0.151 e. The Morgan fingerprint density at radius 3 is 2.85 bits per heavy atom. The number of halogens is 3. The van der Waals surface area contributed by atoms with Crippen LogP contribution >= 0.6 is 34.2 Å². The van der Waals surface area contributed by atoms with Crippen LogP contribution in [0.1, 0.15) is 0 Å². The van der Waals surface area contributed by atoms with Crippen LogP contribution in [-0.4, -0.2) is 10.2 Å². The van der Waals surface area contributed by atoms with E-state index in [1.165, 1.54) is 6.07 Å². The minimum absolute atomic E-state index is 0.216. The number of rotatable bonds is 0. The SMILES string of the molecule is Fc1cccc2c(Cl)c(I)nnc12. The first-order chi connectivity index (χ1) is 6.20. The van der Waals surface area contributed by atoms with Crippen molar-refractivity contribution in [3.8, 4) is 0 Å². The summed E-state index contributed by atoms with van der Waals surface area (Å²) in [6, 6.07) is 4.65. The number of benzene rings is 1. The highest BCUT2D eigenvalue weighted by Gasteiger charge is 2.08. The topological polar surface area (TPSA) is 25.8 Å². The van der Waals surface area contributed by atoms with Crippen LogP contribution < -0.4 is 0 Å². The molecule has 0 saturated carbocycles. The van der Waals surface area contributed by atoms with Gasteiger partial charge in [0.25, 0.3) is 0 Å². The van der Waals surface area contributed by atoms with Gasteiger partial charge in [-0.2, -0.15) is 0 Å². The number of hydrogen-bond donors (Lipinski definition) is 0. The van der Waals surface area contributed by atoms with E-state index in [1.807, 2.05) is 22.6 Å². The Kier molecular flexibility index (Phi) is 2.33. The summed E-state index contributed by atoms with van der Waals surface area (Å²) in [5, 5.41) is 8.50. The van der Waals surface area contributed by atoms with Crippen LogP contribution in [0.25, 0.3) is 10.9 Å². The molecule has 5 heteroatoms. The number of fused-ring (bicyclic) bond motifs is 1. The van der Waals surface area contributed by atoms with Crippen molar-refractivity contribution in [1.82, 2.24) is 10.2 Å². The van der Waals surface area contributed by atoms with Gasteiger partial charge in [0.1, 0.15) is 9.22 Å². The van der Waals surface area contributed by atoms with Gasteiger partial charge >= 0.3 is 0 Å². The summed E-state index contributed by atoms with van der Waals surface area (Å²) >= 11 is 7.88. The van der Waals surface area contributed by atoms with Gasteiger partial charge in [0.15, 0.2) is 5.82 Å². The molecule has 66 valence electrons. The molecule has 2 rings (SSSR count). The molecule has 0 N–H and O–H groups in total. The fraction of sp³-hybridized carbons (Fsp3) is 0. The summed E-state index contributed by atoms with van der Waals surface area (Å²) in [6.45, 7) is 0. The number of aromatic nitrogens is 2. The van der Waals surface area contributed by atoms with Crippen LogP contribution in [0.15, 0.2) is 18.2 Å². The molecule has 0 aliphatic rings. The predicted octanol–water partition coefficient (Wildman–Crippen LogP) is 3.03. The van der Waals surface area contributed by atoms with Crippen LogP contribution in [0.2, 0.25) is 5.02 Å². The highest BCUT2D eigenvalue weighted by Crippen LogP contribution is 2.26. The third-order valence-electron chi connectivity index (χ3n) is 1.64. The molecule has 1 aromatic carbocycles. The van der Waals surface area contributed by atoms with Gasteiger partial charge in [-0.05, 0) is 28.7 Å². The summed E-state index contributed by atoms with van der Waals surface area (Å²) < 4.78 is 13.7. The third kappa shape index (κ3) is 1.48. The van der Waals surface area contributed by atoms with Crippen molar-refractivity contribution in [1.29, 1.82) is 0 Å². The monoisotopic (exact) mass is 308 g/mol. The minimum atomic E-state index is -0.400. The van der Waals surface area contributed by atoms with E-state index in [-0.39, 0.29) is 5.52 Å². The molecule has 1 aromatic heterocycles. The maximum absolute atomic E-state index is 13.1. The van der Waals surface area contributed by atoms with E-state index < -0.39 is 5.82 Å². The summed E-state index contributed by atoms with van der Waals surface area (Å²) in [5.74, 6) is -0.400. The molecule has 0 unspecified atom stereocenters. The molecule has 0 aliphatic carbocycles. The molecule has 0 bridgehead atoms. The third-order valence-corrected chi connectivity index (χ3v) is 3.10. The lowest BCUT2D eigenvalue weighted by molar-refractivity contribution is 0.635. The molecule has 0 amide bonds. The first kappa shape index (κ1) is 9.08. The second kappa shape index (κ2) is 3.34. The van der Waals surface area contributed by atoms with Gasteiger partial charge < -0.3 is 0 Å². The summed E-state index contributed by atoms with van der Waals surface area (Å²) in [7, 11) is 0. The van der Waals surface area contributed by atoms with E-state index in [4.69, 9.17) is 11.6 Å². The zero-order valence-corrected chi connectivity index (χ0v) is 9.17. The fourth-order valence-corrected chi connectivity index (χ4v) is 1.63. The standard InChI is InChI=1S/C8H3ClFIN2/c9-6-4-2-1-3-5(10)7(4)12-13-8(6)11/h1-3H. The fourth-order valence-electron chi connectivity index (χ4n) is 1.04. The van der Waals surface area contributed by atoms with Crippen molar-refractivity contribution >= 4 is 45.1 Å². The zero-order chi connectivity index (χ0) is 9.42. The molecule has 0 atom stereocenters. The van der Waals surface area contributed by atoms with E-state index in [1.54, 1.807) is 12.1 Å². The average molecular weight is 308 g/mol. The zero-order valence-electron chi connectivity index (χ0n) is 6.26. The predicted molar refractivity (Wildman–Crippen MR) is 57.2 cm³/mol. The Bertz CT molecular complexity index is 475. The molecule has 2 nitrogen and oxygen atoms in total. The summed E-state index contributed by atoms with van der Waals surface area (Å²) in [4.78, 5) is 0. The Morgan fingerprint density at radius 1 is 1.31 bits per heavy atom. The van der Waals surface area contributed by atoms with E-state index in [0.29, 0.717) is 14.1 Å². The molecule has 0 fully saturated rings. The van der Waals surface area contributed by atoms with Gasteiger partial charge in [-0.1, -0.05) is 23.7 Å². The Morgan fingerprint density at radius 2 is 2.08 bits per heavy atom. The number of hydrogen-bond acceptors (Lipinski definition) is 2. The van der Waals surface area contributed by atoms with Gasteiger partial charge in [-0.15, -0.1) is 10.2 Å². The molecule has 1 heterocycles. The van der Waals surface area contributed by atoms with Crippen molar-refractivity contribution in [3.05, 3.63) is 32.7 Å². The van der Waals surface area contributed by atoms with Crippen LogP contribution in [0.3, 0.4) is 0 Å². The normalized spacial score (nSPS) is 10.7. The lowest BCUT2D eigenvalue weighted by Crippen LogP contribution is -1.92. The van der Waals surface area contributed by atoms with E-state index in [0.717, 1.165) is 0 Å². The van der Waals surface area contributed by atoms with Crippen LogP contribution in [0, 0.1) is 9.52 Å².